The Balaban J connectivity index is 1.78. The molecular formula is C25H16ClF4N7O3. The average Bonchev–Trinajstić information content (AvgIpc) is 2.90. The third-order valence-corrected chi connectivity index (χ3v) is 6.54. The largest absolute Gasteiger partial charge is 0.417 e. The van der Waals surface area contributed by atoms with Gasteiger partial charge in [-0.05, 0) is 29.8 Å². The lowest BCUT2D eigenvalue weighted by molar-refractivity contribution is -0.137. The highest BCUT2D eigenvalue weighted by atomic mass is 35.5. The summed E-state index contributed by atoms with van der Waals surface area (Å²) in [7, 11) is 0. The van der Waals surface area contributed by atoms with Gasteiger partial charge in [0.05, 0.1) is 47.2 Å². The van der Waals surface area contributed by atoms with E-state index in [1.54, 1.807) is 12.1 Å². The average molecular weight is 574 g/mol. The van der Waals surface area contributed by atoms with Crippen molar-refractivity contribution in [3.63, 3.8) is 0 Å². The van der Waals surface area contributed by atoms with Crippen LogP contribution in [0.2, 0.25) is 5.02 Å². The minimum absolute atomic E-state index is 0.0122. The van der Waals surface area contributed by atoms with Crippen LogP contribution in [0.1, 0.15) is 11.4 Å². The fraction of sp³-hybridized carbons (Fsp3) is 0.200. The van der Waals surface area contributed by atoms with Crippen molar-refractivity contribution in [3.8, 4) is 22.9 Å². The van der Waals surface area contributed by atoms with Crippen molar-refractivity contribution in [2.24, 2.45) is 0 Å². The maximum Gasteiger partial charge on any atom is 0.417 e. The number of rotatable bonds is 5. The van der Waals surface area contributed by atoms with Crippen LogP contribution in [0, 0.1) is 17.1 Å². The van der Waals surface area contributed by atoms with Crippen LogP contribution in [0.25, 0.3) is 16.8 Å². The van der Waals surface area contributed by atoms with E-state index in [1.165, 1.54) is 23.4 Å². The fourth-order valence-corrected chi connectivity index (χ4v) is 4.62. The Bertz CT molecular complexity index is 1780. The van der Waals surface area contributed by atoms with Crippen molar-refractivity contribution in [2.75, 3.05) is 18.0 Å². The number of aliphatic hydroxyl groups is 1. The van der Waals surface area contributed by atoms with Gasteiger partial charge in [0, 0.05) is 18.6 Å². The Morgan fingerprint density at radius 3 is 2.45 bits per heavy atom. The molecule has 0 unspecified atom stereocenters. The summed E-state index contributed by atoms with van der Waals surface area (Å²) in [4.78, 5) is 40.6. The molecule has 204 valence electrons. The molecule has 1 aliphatic rings. The molecule has 4 heterocycles. The first-order chi connectivity index (χ1) is 18.9. The molecule has 1 N–H and O–H groups in total. The molecule has 1 saturated heterocycles. The van der Waals surface area contributed by atoms with Crippen LogP contribution in [0.15, 0.2) is 64.7 Å². The van der Waals surface area contributed by atoms with E-state index in [4.69, 9.17) is 11.6 Å². The van der Waals surface area contributed by atoms with Crippen molar-refractivity contribution in [3.05, 3.63) is 98.2 Å². The van der Waals surface area contributed by atoms with Gasteiger partial charge in [-0.15, -0.1) is 0 Å². The molecule has 5 rings (SSSR count). The van der Waals surface area contributed by atoms with E-state index in [-0.39, 0.29) is 40.9 Å². The highest BCUT2D eigenvalue weighted by Crippen LogP contribution is 2.38. The lowest BCUT2D eigenvalue weighted by Crippen LogP contribution is -2.62. The molecule has 40 heavy (non-hydrogen) atoms. The van der Waals surface area contributed by atoms with Gasteiger partial charge >= 0.3 is 11.9 Å². The molecule has 10 nitrogen and oxygen atoms in total. The summed E-state index contributed by atoms with van der Waals surface area (Å²) in [5.74, 6) is -0.856. The van der Waals surface area contributed by atoms with E-state index >= 15 is 0 Å². The van der Waals surface area contributed by atoms with E-state index in [0.717, 1.165) is 22.9 Å². The van der Waals surface area contributed by atoms with Crippen LogP contribution >= 0.6 is 11.6 Å². The summed E-state index contributed by atoms with van der Waals surface area (Å²) < 4.78 is 55.5. The van der Waals surface area contributed by atoms with Gasteiger partial charge in [0.15, 0.2) is 11.4 Å². The Labute approximate surface area is 227 Å². The van der Waals surface area contributed by atoms with Crippen LogP contribution < -0.4 is 16.1 Å². The first-order valence-corrected chi connectivity index (χ1v) is 11.8. The zero-order valence-electron chi connectivity index (χ0n) is 20.1. The lowest BCUT2D eigenvalue weighted by atomic mass is 9.92. The number of pyridine rings is 1. The number of β-amino-alcohol motifs (C(OH)–C–C–N with tert-alkyl or cyclic N) is 1. The third kappa shape index (κ3) is 4.59. The fourth-order valence-electron chi connectivity index (χ4n) is 4.44. The molecule has 0 radical (unpaired) electrons. The normalized spacial score (nSPS) is 14.5. The summed E-state index contributed by atoms with van der Waals surface area (Å²) in [6, 6.07) is 7.21. The minimum atomic E-state index is -4.83. The van der Waals surface area contributed by atoms with Crippen LogP contribution in [0.3, 0.4) is 0 Å². The number of benzene rings is 1. The third-order valence-electron chi connectivity index (χ3n) is 6.25. The van der Waals surface area contributed by atoms with Gasteiger partial charge in [0.1, 0.15) is 18.2 Å². The summed E-state index contributed by atoms with van der Waals surface area (Å²) in [6.45, 7) is -1.05. The Morgan fingerprint density at radius 2 is 1.82 bits per heavy atom. The van der Waals surface area contributed by atoms with Gasteiger partial charge in [-0.25, -0.2) is 23.7 Å². The highest BCUT2D eigenvalue weighted by molar-refractivity contribution is 6.31. The Hall–Kier alpha value is -4.61. The minimum Gasteiger partial charge on any atom is -0.378 e. The highest BCUT2D eigenvalue weighted by Gasteiger charge is 2.47. The van der Waals surface area contributed by atoms with Gasteiger partial charge < -0.3 is 10.0 Å². The Morgan fingerprint density at radius 1 is 1.12 bits per heavy atom. The second-order valence-electron chi connectivity index (χ2n) is 8.88. The van der Waals surface area contributed by atoms with Crippen molar-refractivity contribution >= 4 is 17.4 Å². The summed E-state index contributed by atoms with van der Waals surface area (Å²) in [5, 5.41) is 20.2. The lowest BCUT2D eigenvalue weighted by Gasteiger charge is -2.47. The Kier molecular flexibility index (Phi) is 6.64. The molecule has 0 saturated carbocycles. The molecular weight excluding hydrogens is 558 g/mol. The summed E-state index contributed by atoms with van der Waals surface area (Å²) in [6.07, 6.45) is -0.558. The molecule has 15 heteroatoms. The monoisotopic (exact) mass is 573 g/mol. The molecule has 1 aromatic carbocycles. The van der Waals surface area contributed by atoms with Crippen LogP contribution in [0.4, 0.5) is 23.4 Å². The number of alkyl halides is 3. The molecule has 1 aliphatic heterocycles. The van der Waals surface area contributed by atoms with Crippen molar-refractivity contribution < 1.29 is 22.7 Å². The van der Waals surface area contributed by atoms with Gasteiger partial charge in [-0.1, -0.05) is 17.7 Å². The second-order valence-corrected chi connectivity index (χ2v) is 9.29. The first kappa shape index (κ1) is 27.0. The van der Waals surface area contributed by atoms with Gasteiger partial charge in [-0.3, -0.25) is 14.3 Å². The predicted molar refractivity (Wildman–Crippen MR) is 133 cm³/mol. The molecule has 0 bridgehead atoms. The number of nitriles is 1. The van der Waals surface area contributed by atoms with E-state index in [1.807, 2.05) is 0 Å². The number of hydrogen-bond acceptors (Lipinski definition) is 8. The molecule has 4 aromatic rings. The molecule has 1 fully saturated rings. The molecule has 3 aromatic heterocycles. The standard InChI is InChI=1S/C25H16ClF4N7O3/c26-17-8-14(2-3-18(17)27)19-20(35-12-24(40,13-35)22-33-5-1-6-34-22)36(7-4-31)23(39)37(21(19)38)16-9-15(10-32-11-16)25(28,29)30/h1-3,5-6,8-11,40H,7,12-13H2. The maximum atomic E-state index is 14.0. The van der Waals surface area contributed by atoms with Gasteiger partial charge in [0.2, 0.25) is 0 Å². The predicted octanol–water partition coefficient (Wildman–Crippen LogP) is 2.89. The number of nitrogens with zero attached hydrogens (tertiary/aromatic N) is 7. The van der Waals surface area contributed by atoms with E-state index < -0.39 is 46.6 Å². The quantitative estimate of drug-likeness (QED) is 0.361. The van der Waals surface area contributed by atoms with Crippen molar-refractivity contribution in [2.45, 2.75) is 18.3 Å². The molecule has 0 aliphatic carbocycles. The summed E-state index contributed by atoms with van der Waals surface area (Å²) >= 11 is 5.97. The van der Waals surface area contributed by atoms with Crippen molar-refractivity contribution in [1.82, 2.24) is 24.1 Å². The van der Waals surface area contributed by atoms with Crippen molar-refractivity contribution in [1.29, 1.82) is 5.26 Å². The smallest absolute Gasteiger partial charge is 0.378 e. The summed E-state index contributed by atoms with van der Waals surface area (Å²) in [5.41, 5.74) is -5.77. The molecule has 0 spiro atoms. The van der Waals surface area contributed by atoms with Crippen LogP contribution in [-0.2, 0) is 18.3 Å². The number of hydrogen-bond donors (Lipinski definition) is 1. The zero-order chi connectivity index (χ0) is 28.8. The van der Waals surface area contributed by atoms with E-state index in [0.29, 0.717) is 16.8 Å². The van der Waals surface area contributed by atoms with E-state index in [2.05, 4.69) is 15.0 Å². The SMILES string of the molecule is N#CCn1c(N2CC(O)(c3ncccn3)C2)c(-c2ccc(F)c(Cl)c2)c(=O)n(-c2cncc(C(F)(F)F)c2)c1=O. The zero-order valence-corrected chi connectivity index (χ0v) is 20.9. The van der Waals surface area contributed by atoms with E-state index in [9.17, 15) is 37.5 Å². The van der Waals surface area contributed by atoms with Gasteiger partial charge in [-0.2, -0.15) is 18.4 Å². The molecule has 0 atom stereocenters. The number of anilines is 1. The maximum absolute atomic E-state index is 14.0. The second kappa shape index (κ2) is 9.85. The topological polar surface area (TPSA) is 130 Å². The van der Waals surface area contributed by atoms with Crippen LogP contribution in [-0.4, -0.2) is 42.3 Å². The first-order valence-electron chi connectivity index (χ1n) is 11.4. The number of aromatic nitrogens is 5. The number of halogens is 5. The van der Waals surface area contributed by atoms with Crippen LogP contribution in [0.5, 0.6) is 0 Å². The van der Waals surface area contributed by atoms with Gasteiger partial charge in [0.25, 0.3) is 5.56 Å². The molecule has 0 amide bonds.